The van der Waals surface area contributed by atoms with Crippen molar-refractivity contribution < 1.29 is 14.3 Å². The molecule has 0 fully saturated rings. The maximum atomic E-state index is 11.7. The molecule has 1 aliphatic rings. The normalized spacial score (nSPS) is 26.1. The van der Waals surface area contributed by atoms with Gasteiger partial charge in [0.05, 0.1) is 7.11 Å². The Hall–Kier alpha value is -1.12. The van der Waals surface area contributed by atoms with E-state index >= 15 is 0 Å². The van der Waals surface area contributed by atoms with Crippen LogP contribution < -0.4 is 0 Å². The molecule has 0 amide bonds. The molecule has 0 aromatic heterocycles. The second-order valence-electron chi connectivity index (χ2n) is 4.15. The Bertz CT molecular complexity index is 291. The van der Waals surface area contributed by atoms with E-state index in [1.165, 1.54) is 7.11 Å². The average molecular weight is 210 g/mol. The fourth-order valence-corrected chi connectivity index (χ4v) is 2.23. The fraction of sp³-hybridized carbons (Fsp3) is 0.667. The average Bonchev–Trinajstić information content (AvgIpc) is 2.16. The summed E-state index contributed by atoms with van der Waals surface area (Å²) in [5.74, 6) is -0.926. The van der Waals surface area contributed by atoms with Gasteiger partial charge in [-0.25, -0.2) is 0 Å². The monoisotopic (exact) mass is 210 g/mol. The maximum absolute atomic E-state index is 11.7. The van der Waals surface area contributed by atoms with Crippen molar-refractivity contribution in [2.45, 2.75) is 33.1 Å². The van der Waals surface area contributed by atoms with Crippen LogP contribution in [-0.2, 0) is 14.3 Å². The van der Waals surface area contributed by atoms with Gasteiger partial charge in [-0.05, 0) is 31.8 Å². The van der Waals surface area contributed by atoms with E-state index < -0.39 is 5.92 Å². The fourth-order valence-electron chi connectivity index (χ4n) is 2.23. The summed E-state index contributed by atoms with van der Waals surface area (Å²) in [5, 5.41) is 0. The van der Waals surface area contributed by atoms with Crippen LogP contribution >= 0.6 is 0 Å². The minimum atomic E-state index is -0.571. The first-order valence-corrected chi connectivity index (χ1v) is 5.39. The van der Waals surface area contributed by atoms with Crippen molar-refractivity contribution in [3.8, 4) is 0 Å². The number of ether oxygens (including phenoxy) is 1. The topological polar surface area (TPSA) is 43.4 Å². The molecule has 0 saturated heterocycles. The molecule has 84 valence electrons. The third-order valence-electron chi connectivity index (χ3n) is 2.87. The molecule has 0 N–H and O–H groups in total. The lowest BCUT2D eigenvalue weighted by Crippen LogP contribution is -2.34. The highest BCUT2D eigenvalue weighted by atomic mass is 16.5. The number of carbonyl (C=O) groups excluding carboxylic acids is 2. The number of carbonyl (C=O) groups is 2. The van der Waals surface area contributed by atoms with Crippen molar-refractivity contribution in [1.82, 2.24) is 0 Å². The summed E-state index contributed by atoms with van der Waals surface area (Å²) in [6.07, 6.45) is 4.29. The van der Waals surface area contributed by atoms with Gasteiger partial charge >= 0.3 is 5.97 Å². The van der Waals surface area contributed by atoms with E-state index in [1.54, 1.807) is 6.08 Å². The Morgan fingerprint density at radius 1 is 1.60 bits per heavy atom. The van der Waals surface area contributed by atoms with E-state index in [9.17, 15) is 9.59 Å². The second-order valence-corrected chi connectivity index (χ2v) is 4.15. The zero-order valence-electron chi connectivity index (χ0n) is 9.58. The van der Waals surface area contributed by atoms with Gasteiger partial charge in [0.25, 0.3) is 0 Å². The summed E-state index contributed by atoms with van der Waals surface area (Å²) in [7, 11) is 1.34. The minimum absolute atomic E-state index is 0.0935. The molecule has 3 heteroatoms. The van der Waals surface area contributed by atoms with Gasteiger partial charge in [-0.15, -0.1) is 0 Å². The van der Waals surface area contributed by atoms with Crippen molar-refractivity contribution >= 4 is 11.8 Å². The highest BCUT2D eigenvalue weighted by Crippen LogP contribution is 2.31. The number of methoxy groups -OCH3 is 1. The van der Waals surface area contributed by atoms with Gasteiger partial charge in [-0.2, -0.15) is 0 Å². The highest BCUT2D eigenvalue weighted by molar-refractivity contribution is 6.06. The molecule has 2 unspecified atom stereocenters. The van der Waals surface area contributed by atoms with Crippen molar-refractivity contribution in [3.05, 3.63) is 11.6 Å². The van der Waals surface area contributed by atoms with Gasteiger partial charge in [-0.3, -0.25) is 9.59 Å². The number of rotatable bonds is 3. The zero-order valence-corrected chi connectivity index (χ0v) is 9.58. The Morgan fingerprint density at radius 2 is 2.27 bits per heavy atom. The molecule has 0 heterocycles. The van der Waals surface area contributed by atoms with Crippen LogP contribution in [0.5, 0.6) is 0 Å². The van der Waals surface area contributed by atoms with Crippen LogP contribution in [0.25, 0.3) is 0 Å². The molecular weight excluding hydrogens is 192 g/mol. The maximum Gasteiger partial charge on any atom is 0.316 e. The van der Waals surface area contributed by atoms with Gasteiger partial charge in [0.1, 0.15) is 5.92 Å². The first-order valence-electron chi connectivity index (χ1n) is 5.39. The third kappa shape index (κ3) is 2.67. The van der Waals surface area contributed by atoms with Gasteiger partial charge in [0.15, 0.2) is 5.78 Å². The van der Waals surface area contributed by atoms with Crippen LogP contribution in [-0.4, -0.2) is 18.9 Å². The summed E-state index contributed by atoms with van der Waals surface area (Å²) in [6.45, 7) is 4.00. The van der Waals surface area contributed by atoms with Gasteiger partial charge < -0.3 is 4.74 Å². The first kappa shape index (κ1) is 12.0. The molecule has 0 aliphatic heterocycles. The molecule has 2 atom stereocenters. The lowest BCUT2D eigenvalue weighted by molar-refractivity contribution is -0.151. The Morgan fingerprint density at radius 3 is 2.80 bits per heavy atom. The van der Waals surface area contributed by atoms with Crippen LogP contribution in [0.3, 0.4) is 0 Å². The molecular formula is C12H18O3. The van der Waals surface area contributed by atoms with Gasteiger partial charge in [0, 0.05) is 0 Å². The highest BCUT2D eigenvalue weighted by Gasteiger charge is 2.36. The number of hydrogen-bond acceptors (Lipinski definition) is 3. The zero-order chi connectivity index (χ0) is 11.4. The summed E-state index contributed by atoms with van der Waals surface area (Å²) >= 11 is 0. The van der Waals surface area contributed by atoms with Crippen LogP contribution in [0, 0.1) is 11.8 Å². The van der Waals surface area contributed by atoms with E-state index in [1.807, 2.05) is 6.92 Å². The molecule has 15 heavy (non-hydrogen) atoms. The Balaban J connectivity index is 2.88. The predicted octanol–water partition coefficient (Wildman–Crippen LogP) is 2.11. The third-order valence-corrected chi connectivity index (χ3v) is 2.87. The van der Waals surface area contributed by atoms with Crippen molar-refractivity contribution in [1.29, 1.82) is 0 Å². The molecule has 0 bridgehead atoms. The van der Waals surface area contributed by atoms with E-state index in [-0.39, 0.29) is 17.7 Å². The smallest absolute Gasteiger partial charge is 0.316 e. The van der Waals surface area contributed by atoms with Crippen LogP contribution in [0.1, 0.15) is 33.1 Å². The van der Waals surface area contributed by atoms with E-state index in [4.69, 9.17) is 0 Å². The molecule has 3 nitrogen and oxygen atoms in total. The van der Waals surface area contributed by atoms with Crippen LogP contribution in [0.2, 0.25) is 0 Å². The first-order chi connectivity index (χ1) is 7.10. The standard InChI is InChI=1S/C12H18O3/c1-4-5-9-6-8(2)7-10(13)11(9)12(14)15-3/h7,9,11H,4-6H2,1-3H3. The second kappa shape index (κ2) is 5.10. The van der Waals surface area contributed by atoms with Crippen LogP contribution in [0.4, 0.5) is 0 Å². The minimum Gasteiger partial charge on any atom is -0.468 e. The number of allylic oxidation sites excluding steroid dienone is 2. The molecule has 0 aromatic rings. The lowest BCUT2D eigenvalue weighted by Gasteiger charge is -2.27. The van der Waals surface area contributed by atoms with Crippen molar-refractivity contribution in [2.24, 2.45) is 11.8 Å². The molecule has 0 radical (unpaired) electrons. The molecule has 0 saturated carbocycles. The summed E-state index contributed by atoms with van der Waals surface area (Å²) < 4.78 is 4.68. The summed E-state index contributed by atoms with van der Waals surface area (Å²) in [4.78, 5) is 23.2. The Labute approximate surface area is 90.5 Å². The predicted molar refractivity (Wildman–Crippen MR) is 57.3 cm³/mol. The van der Waals surface area contributed by atoms with E-state index in [0.717, 1.165) is 24.8 Å². The van der Waals surface area contributed by atoms with Gasteiger partial charge in [0.2, 0.25) is 0 Å². The lowest BCUT2D eigenvalue weighted by atomic mass is 9.77. The quantitative estimate of drug-likeness (QED) is 0.529. The van der Waals surface area contributed by atoms with Crippen LogP contribution in [0.15, 0.2) is 11.6 Å². The summed E-state index contributed by atoms with van der Waals surface area (Å²) in [5.41, 5.74) is 1.07. The SMILES string of the molecule is CCCC1CC(C)=CC(=O)C1C(=O)OC. The number of esters is 1. The number of hydrogen-bond donors (Lipinski definition) is 0. The molecule has 0 spiro atoms. The van der Waals surface area contributed by atoms with Gasteiger partial charge in [-0.1, -0.05) is 18.9 Å². The van der Waals surface area contributed by atoms with Crippen molar-refractivity contribution in [2.75, 3.05) is 7.11 Å². The van der Waals surface area contributed by atoms with E-state index in [0.29, 0.717) is 0 Å². The van der Waals surface area contributed by atoms with E-state index in [2.05, 4.69) is 11.7 Å². The molecule has 0 aromatic carbocycles. The summed E-state index contributed by atoms with van der Waals surface area (Å²) in [6, 6.07) is 0. The largest absolute Gasteiger partial charge is 0.468 e. The van der Waals surface area contributed by atoms with Crippen molar-refractivity contribution in [3.63, 3.8) is 0 Å². The number of ketones is 1. The molecule has 1 aliphatic carbocycles. The Kier molecular flexibility index (Phi) is 4.06. The molecule has 1 rings (SSSR count).